The van der Waals surface area contributed by atoms with E-state index in [2.05, 4.69) is 20.7 Å². The number of methoxy groups -OCH3 is 1. The van der Waals surface area contributed by atoms with Crippen LogP contribution in [-0.2, 0) is 10.0 Å². The van der Waals surface area contributed by atoms with Gasteiger partial charge in [-0.2, -0.15) is 0 Å². The van der Waals surface area contributed by atoms with E-state index in [-0.39, 0.29) is 23.8 Å². The first kappa shape index (κ1) is 18.7. The Bertz CT molecular complexity index is 529. The van der Waals surface area contributed by atoms with Gasteiger partial charge in [0.1, 0.15) is 5.75 Å². The van der Waals surface area contributed by atoms with Gasteiger partial charge in [-0.15, -0.1) is 12.4 Å². The molecule has 19 heavy (non-hydrogen) atoms. The van der Waals surface area contributed by atoms with Crippen LogP contribution in [-0.4, -0.2) is 27.6 Å². The molecule has 0 spiro atoms. The summed E-state index contributed by atoms with van der Waals surface area (Å²) in [6.07, 6.45) is 0. The maximum atomic E-state index is 12.0. The lowest BCUT2D eigenvalue weighted by atomic mass is 10.1. The van der Waals surface area contributed by atoms with Crippen molar-refractivity contribution < 1.29 is 13.2 Å². The van der Waals surface area contributed by atoms with Crippen LogP contribution in [0.3, 0.4) is 0 Å². The fourth-order valence-electron chi connectivity index (χ4n) is 1.17. The van der Waals surface area contributed by atoms with Gasteiger partial charge in [0.25, 0.3) is 0 Å². The summed E-state index contributed by atoms with van der Waals surface area (Å²) in [6.45, 7) is 3.66. The maximum Gasteiger partial charge on any atom is 0.240 e. The summed E-state index contributed by atoms with van der Waals surface area (Å²) in [6, 6.07) is 4.58. The van der Waals surface area contributed by atoms with Crippen LogP contribution in [0.2, 0.25) is 0 Å². The van der Waals surface area contributed by atoms with E-state index in [1.807, 2.05) is 0 Å². The van der Waals surface area contributed by atoms with E-state index in [9.17, 15) is 8.42 Å². The molecule has 1 aromatic rings. The molecule has 0 radical (unpaired) electrons. The van der Waals surface area contributed by atoms with Crippen molar-refractivity contribution >= 4 is 38.4 Å². The van der Waals surface area contributed by atoms with E-state index >= 15 is 0 Å². The average Bonchev–Trinajstić information content (AvgIpc) is 2.26. The molecule has 0 aliphatic rings. The van der Waals surface area contributed by atoms with Crippen molar-refractivity contribution in [2.45, 2.75) is 24.3 Å². The number of benzene rings is 1. The van der Waals surface area contributed by atoms with E-state index in [0.29, 0.717) is 10.2 Å². The number of hydrogen-bond acceptors (Lipinski definition) is 4. The molecular formula is C11H18BrClN2O3S. The Labute approximate surface area is 128 Å². The van der Waals surface area contributed by atoms with Gasteiger partial charge in [0, 0.05) is 18.2 Å². The third kappa shape index (κ3) is 5.66. The highest BCUT2D eigenvalue weighted by Gasteiger charge is 2.19. The molecule has 5 nitrogen and oxygen atoms in total. The summed E-state index contributed by atoms with van der Waals surface area (Å²) in [5.74, 6) is 0.463. The summed E-state index contributed by atoms with van der Waals surface area (Å²) >= 11 is 3.27. The molecule has 0 saturated heterocycles. The van der Waals surface area contributed by atoms with Crippen LogP contribution in [0, 0.1) is 0 Å². The van der Waals surface area contributed by atoms with E-state index < -0.39 is 15.6 Å². The molecule has 110 valence electrons. The molecule has 0 heterocycles. The summed E-state index contributed by atoms with van der Waals surface area (Å²) in [7, 11) is -2.09. The second kappa shape index (κ2) is 6.90. The number of nitrogens with one attached hydrogen (secondary N) is 1. The van der Waals surface area contributed by atoms with Crippen molar-refractivity contribution in [1.29, 1.82) is 0 Å². The van der Waals surface area contributed by atoms with Crippen LogP contribution in [0.15, 0.2) is 27.6 Å². The molecule has 3 N–H and O–H groups in total. The van der Waals surface area contributed by atoms with Crippen LogP contribution < -0.4 is 15.2 Å². The molecule has 8 heteroatoms. The molecular weight excluding hydrogens is 356 g/mol. The molecule has 0 atom stereocenters. The quantitative estimate of drug-likeness (QED) is 0.826. The Morgan fingerprint density at radius 2 is 2.00 bits per heavy atom. The van der Waals surface area contributed by atoms with Crippen molar-refractivity contribution in [3.8, 4) is 5.75 Å². The Morgan fingerprint density at radius 1 is 1.42 bits per heavy atom. The van der Waals surface area contributed by atoms with Crippen LogP contribution in [0.25, 0.3) is 0 Å². The smallest absolute Gasteiger partial charge is 0.240 e. The molecule has 0 aliphatic heterocycles. The number of sulfonamides is 1. The molecule has 1 aromatic carbocycles. The van der Waals surface area contributed by atoms with E-state index in [4.69, 9.17) is 10.5 Å². The predicted octanol–water partition coefficient (Wildman–Crippen LogP) is 1.90. The van der Waals surface area contributed by atoms with Crippen LogP contribution in [0.4, 0.5) is 0 Å². The second-order valence-corrected chi connectivity index (χ2v) is 7.23. The van der Waals surface area contributed by atoms with Gasteiger partial charge in [-0.05, 0) is 41.9 Å². The number of nitrogens with two attached hydrogens (primary N) is 1. The monoisotopic (exact) mass is 372 g/mol. The normalized spacial score (nSPS) is 11.8. The van der Waals surface area contributed by atoms with Crippen LogP contribution in [0.1, 0.15) is 13.8 Å². The minimum atomic E-state index is -3.57. The molecule has 0 aromatic heterocycles. The lowest BCUT2D eigenvalue weighted by Crippen LogP contribution is -2.45. The number of rotatable bonds is 5. The molecule has 0 amide bonds. The standard InChI is InChI=1S/C11H17BrN2O3S.ClH/c1-11(2,13)7-14-18(15,16)8-4-5-9(12)10(6-8)17-3;/h4-6,14H,7,13H2,1-3H3;1H. The lowest BCUT2D eigenvalue weighted by Gasteiger charge is -2.19. The fourth-order valence-corrected chi connectivity index (χ4v) is 2.82. The highest BCUT2D eigenvalue weighted by molar-refractivity contribution is 9.10. The summed E-state index contributed by atoms with van der Waals surface area (Å²) in [5, 5.41) is 0. The van der Waals surface area contributed by atoms with Crippen molar-refractivity contribution in [2.24, 2.45) is 5.73 Å². The van der Waals surface area contributed by atoms with E-state index in [0.717, 1.165) is 0 Å². The highest BCUT2D eigenvalue weighted by atomic mass is 79.9. The third-order valence-electron chi connectivity index (χ3n) is 2.15. The van der Waals surface area contributed by atoms with Gasteiger partial charge in [-0.25, -0.2) is 13.1 Å². The van der Waals surface area contributed by atoms with Gasteiger partial charge in [0.2, 0.25) is 10.0 Å². The topological polar surface area (TPSA) is 81.4 Å². The summed E-state index contributed by atoms with van der Waals surface area (Å²) < 4.78 is 32.3. The first-order chi connectivity index (χ1) is 8.15. The van der Waals surface area contributed by atoms with Gasteiger partial charge in [0.05, 0.1) is 16.5 Å². The Morgan fingerprint density at radius 3 is 2.47 bits per heavy atom. The molecule has 0 bridgehead atoms. The van der Waals surface area contributed by atoms with Gasteiger partial charge >= 0.3 is 0 Å². The van der Waals surface area contributed by atoms with Crippen molar-refractivity contribution in [2.75, 3.05) is 13.7 Å². The minimum Gasteiger partial charge on any atom is -0.496 e. The lowest BCUT2D eigenvalue weighted by molar-refractivity contribution is 0.410. The minimum absolute atomic E-state index is 0. The Balaban J connectivity index is 0.00000324. The van der Waals surface area contributed by atoms with Gasteiger partial charge < -0.3 is 10.5 Å². The summed E-state index contributed by atoms with van der Waals surface area (Å²) in [4.78, 5) is 0.145. The largest absolute Gasteiger partial charge is 0.496 e. The van der Waals surface area contributed by atoms with Gasteiger partial charge in [-0.1, -0.05) is 0 Å². The molecule has 1 rings (SSSR count). The first-order valence-electron chi connectivity index (χ1n) is 5.28. The van der Waals surface area contributed by atoms with Crippen LogP contribution in [0.5, 0.6) is 5.75 Å². The van der Waals surface area contributed by atoms with Gasteiger partial charge in [0.15, 0.2) is 0 Å². The maximum absolute atomic E-state index is 12.0. The van der Waals surface area contributed by atoms with E-state index in [1.54, 1.807) is 19.9 Å². The van der Waals surface area contributed by atoms with Crippen molar-refractivity contribution in [3.05, 3.63) is 22.7 Å². The van der Waals surface area contributed by atoms with E-state index in [1.165, 1.54) is 19.2 Å². The molecule has 0 fully saturated rings. The molecule has 0 unspecified atom stereocenters. The number of ether oxygens (including phenoxy) is 1. The predicted molar refractivity (Wildman–Crippen MR) is 81.4 cm³/mol. The first-order valence-corrected chi connectivity index (χ1v) is 7.55. The molecule has 0 aliphatic carbocycles. The zero-order valence-electron chi connectivity index (χ0n) is 10.9. The number of hydrogen-bond donors (Lipinski definition) is 2. The average molecular weight is 374 g/mol. The molecule has 0 saturated carbocycles. The zero-order valence-corrected chi connectivity index (χ0v) is 14.2. The Hall–Kier alpha value is -0.340. The fraction of sp³-hybridized carbons (Fsp3) is 0.455. The Kier molecular flexibility index (Phi) is 6.77. The van der Waals surface area contributed by atoms with Crippen molar-refractivity contribution in [3.63, 3.8) is 0 Å². The second-order valence-electron chi connectivity index (χ2n) is 4.61. The highest BCUT2D eigenvalue weighted by Crippen LogP contribution is 2.27. The summed E-state index contributed by atoms with van der Waals surface area (Å²) in [5.41, 5.74) is 5.14. The van der Waals surface area contributed by atoms with Crippen LogP contribution >= 0.6 is 28.3 Å². The SMILES string of the molecule is COc1cc(S(=O)(=O)NCC(C)(C)N)ccc1Br.Cl. The zero-order chi connectivity index (χ0) is 14.0. The van der Waals surface area contributed by atoms with Gasteiger partial charge in [-0.3, -0.25) is 0 Å². The third-order valence-corrected chi connectivity index (χ3v) is 4.20. The number of halogens is 2. The van der Waals surface area contributed by atoms with Crippen molar-refractivity contribution in [1.82, 2.24) is 4.72 Å².